The number of carbonyl (C=O) groups excluding carboxylic acids is 2. The smallest absolute Gasteiger partial charge is 0.239 e. The van der Waals surface area contributed by atoms with Crippen LogP contribution in [0, 0.1) is 0 Å². The molecule has 1 fully saturated rings. The van der Waals surface area contributed by atoms with Crippen LogP contribution in [0.25, 0.3) is 0 Å². The van der Waals surface area contributed by atoms with Gasteiger partial charge in [-0.05, 0) is 26.2 Å². The first-order chi connectivity index (χ1) is 9.04. The summed E-state index contributed by atoms with van der Waals surface area (Å²) in [5, 5.41) is 5.98. The highest BCUT2D eigenvalue weighted by Crippen LogP contribution is 2.13. The molecule has 1 heterocycles. The molecule has 0 aromatic rings. The van der Waals surface area contributed by atoms with Gasteiger partial charge in [0, 0.05) is 26.7 Å². The van der Waals surface area contributed by atoms with Crippen LogP contribution in [0.5, 0.6) is 0 Å². The van der Waals surface area contributed by atoms with E-state index in [0.29, 0.717) is 19.2 Å². The Bertz CT molecular complexity index is 310. The summed E-state index contributed by atoms with van der Waals surface area (Å²) in [4.78, 5) is 25.3. The lowest BCUT2D eigenvalue weighted by Gasteiger charge is -2.30. The normalized spacial score (nSPS) is 22.9. The number of methoxy groups -OCH3 is 1. The third-order valence-corrected chi connectivity index (χ3v) is 3.30. The zero-order chi connectivity index (χ0) is 14.3. The van der Waals surface area contributed by atoms with Crippen molar-refractivity contribution in [1.82, 2.24) is 15.5 Å². The average molecular weight is 271 g/mol. The second-order valence-corrected chi connectivity index (χ2v) is 5.09. The lowest BCUT2D eigenvalue weighted by atomic mass is 9.99. The highest BCUT2D eigenvalue weighted by molar-refractivity contribution is 5.87. The quantitative estimate of drug-likeness (QED) is 0.653. The van der Waals surface area contributed by atoms with Gasteiger partial charge in [-0.15, -0.1) is 0 Å². The van der Waals surface area contributed by atoms with E-state index >= 15 is 0 Å². The van der Waals surface area contributed by atoms with E-state index in [1.807, 2.05) is 0 Å². The molecule has 2 N–H and O–H groups in total. The molecule has 0 bridgehead atoms. The molecular weight excluding hydrogens is 246 g/mol. The Balaban J connectivity index is 2.33. The first-order valence-electron chi connectivity index (χ1n) is 6.81. The maximum atomic E-state index is 12.2. The number of piperidine rings is 1. The summed E-state index contributed by atoms with van der Waals surface area (Å²) in [5.74, 6) is -0.162. The highest BCUT2D eigenvalue weighted by atomic mass is 16.5. The molecule has 1 rings (SSSR count). The van der Waals surface area contributed by atoms with Crippen LogP contribution in [0.15, 0.2) is 0 Å². The Labute approximate surface area is 114 Å². The SMILES string of the molecule is COCCNC(=O)CN(C)C(=O)C1CCCC(C)N1. The van der Waals surface area contributed by atoms with Gasteiger partial charge in [0.1, 0.15) is 0 Å². The summed E-state index contributed by atoms with van der Waals surface area (Å²) in [6, 6.07) is 0.215. The molecule has 6 nitrogen and oxygen atoms in total. The second kappa shape index (κ2) is 8.12. The van der Waals surface area contributed by atoms with Gasteiger partial charge >= 0.3 is 0 Å². The first kappa shape index (κ1) is 15.9. The van der Waals surface area contributed by atoms with Gasteiger partial charge in [0.15, 0.2) is 0 Å². The van der Waals surface area contributed by atoms with E-state index in [-0.39, 0.29) is 24.4 Å². The van der Waals surface area contributed by atoms with Gasteiger partial charge in [-0.1, -0.05) is 0 Å². The van der Waals surface area contributed by atoms with E-state index in [0.717, 1.165) is 19.3 Å². The number of nitrogens with zero attached hydrogens (tertiary/aromatic N) is 1. The number of hydrogen-bond donors (Lipinski definition) is 2. The molecule has 0 aliphatic carbocycles. The summed E-state index contributed by atoms with van der Waals surface area (Å²) in [7, 11) is 3.25. The summed E-state index contributed by atoms with van der Waals surface area (Å²) in [6.45, 7) is 3.12. The van der Waals surface area contributed by atoms with Gasteiger partial charge in [0.25, 0.3) is 0 Å². The largest absolute Gasteiger partial charge is 0.383 e. The Hall–Kier alpha value is -1.14. The third-order valence-electron chi connectivity index (χ3n) is 3.30. The predicted molar refractivity (Wildman–Crippen MR) is 72.8 cm³/mol. The van der Waals surface area contributed by atoms with Crippen molar-refractivity contribution in [2.24, 2.45) is 0 Å². The molecule has 0 radical (unpaired) electrons. The van der Waals surface area contributed by atoms with Crippen LogP contribution in [0.2, 0.25) is 0 Å². The van der Waals surface area contributed by atoms with E-state index in [4.69, 9.17) is 4.74 Å². The number of carbonyl (C=O) groups is 2. The lowest BCUT2D eigenvalue weighted by Crippen LogP contribution is -2.52. The van der Waals surface area contributed by atoms with E-state index in [9.17, 15) is 9.59 Å². The van der Waals surface area contributed by atoms with Crippen LogP contribution in [0.1, 0.15) is 26.2 Å². The van der Waals surface area contributed by atoms with E-state index in [2.05, 4.69) is 17.6 Å². The molecule has 1 saturated heterocycles. The molecule has 2 amide bonds. The standard InChI is InChI=1S/C13H25N3O3/c1-10-5-4-6-11(15-10)13(18)16(2)9-12(17)14-7-8-19-3/h10-11,15H,4-9H2,1-3H3,(H,14,17). The molecule has 0 saturated carbocycles. The van der Waals surface area contributed by atoms with Crippen LogP contribution in [-0.4, -0.2) is 62.7 Å². The highest BCUT2D eigenvalue weighted by Gasteiger charge is 2.27. The topological polar surface area (TPSA) is 70.7 Å². The van der Waals surface area contributed by atoms with Crippen LogP contribution in [0.4, 0.5) is 0 Å². The first-order valence-corrected chi connectivity index (χ1v) is 6.81. The third kappa shape index (κ3) is 5.57. The minimum absolute atomic E-state index is 0.00607. The van der Waals surface area contributed by atoms with Crippen molar-refractivity contribution in [2.75, 3.05) is 33.9 Å². The molecule has 2 unspecified atom stereocenters. The maximum Gasteiger partial charge on any atom is 0.239 e. The van der Waals surface area contributed by atoms with E-state index in [1.54, 1.807) is 14.2 Å². The van der Waals surface area contributed by atoms with E-state index < -0.39 is 0 Å². The zero-order valence-electron chi connectivity index (χ0n) is 12.1. The van der Waals surface area contributed by atoms with Crippen LogP contribution in [-0.2, 0) is 14.3 Å². The van der Waals surface area contributed by atoms with Crippen LogP contribution < -0.4 is 10.6 Å². The predicted octanol–water partition coefficient (Wildman–Crippen LogP) is -0.262. The van der Waals surface area contributed by atoms with Crippen molar-refractivity contribution in [2.45, 2.75) is 38.3 Å². The monoisotopic (exact) mass is 271 g/mol. The molecule has 19 heavy (non-hydrogen) atoms. The molecule has 2 atom stereocenters. The number of amides is 2. The van der Waals surface area contributed by atoms with Crippen LogP contribution >= 0.6 is 0 Å². The van der Waals surface area contributed by atoms with Crippen LogP contribution in [0.3, 0.4) is 0 Å². The number of rotatable bonds is 6. The fraction of sp³-hybridized carbons (Fsp3) is 0.846. The van der Waals surface area contributed by atoms with Gasteiger partial charge < -0.3 is 20.3 Å². The van der Waals surface area contributed by atoms with Gasteiger partial charge in [-0.25, -0.2) is 0 Å². The van der Waals surface area contributed by atoms with E-state index in [1.165, 1.54) is 4.90 Å². The molecule has 1 aliphatic rings. The van der Waals surface area contributed by atoms with Gasteiger partial charge in [0.2, 0.25) is 11.8 Å². The molecule has 0 aromatic carbocycles. The summed E-state index contributed by atoms with van der Waals surface area (Å²) >= 11 is 0. The molecule has 1 aliphatic heterocycles. The molecule has 110 valence electrons. The Morgan fingerprint density at radius 1 is 1.42 bits per heavy atom. The second-order valence-electron chi connectivity index (χ2n) is 5.09. The Morgan fingerprint density at radius 2 is 2.16 bits per heavy atom. The summed E-state index contributed by atoms with van der Waals surface area (Å²) in [6.07, 6.45) is 3.00. The Morgan fingerprint density at radius 3 is 2.79 bits per heavy atom. The number of nitrogens with one attached hydrogen (secondary N) is 2. The lowest BCUT2D eigenvalue weighted by molar-refractivity contribution is -0.137. The van der Waals surface area contributed by atoms with Crippen molar-refractivity contribution in [3.05, 3.63) is 0 Å². The van der Waals surface area contributed by atoms with Gasteiger partial charge in [0.05, 0.1) is 19.2 Å². The molecular formula is C13H25N3O3. The van der Waals surface area contributed by atoms with Crippen molar-refractivity contribution in [1.29, 1.82) is 0 Å². The number of ether oxygens (including phenoxy) is 1. The van der Waals surface area contributed by atoms with Crippen molar-refractivity contribution >= 4 is 11.8 Å². The number of hydrogen-bond acceptors (Lipinski definition) is 4. The summed E-state index contributed by atoms with van der Waals surface area (Å²) < 4.78 is 4.85. The average Bonchev–Trinajstić information content (AvgIpc) is 2.38. The fourth-order valence-corrected chi connectivity index (χ4v) is 2.24. The Kier molecular flexibility index (Phi) is 6.80. The minimum atomic E-state index is -0.156. The number of likely N-dealkylation sites (N-methyl/N-ethyl adjacent to an activating group) is 1. The van der Waals surface area contributed by atoms with Gasteiger partial charge in [-0.3, -0.25) is 9.59 Å². The minimum Gasteiger partial charge on any atom is -0.383 e. The van der Waals surface area contributed by atoms with Crippen molar-refractivity contribution in [3.63, 3.8) is 0 Å². The van der Waals surface area contributed by atoms with Crippen molar-refractivity contribution in [3.8, 4) is 0 Å². The van der Waals surface area contributed by atoms with Crippen molar-refractivity contribution < 1.29 is 14.3 Å². The maximum absolute atomic E-state index is 12.2. The molecule has 6 heteroatoms. The zero-order valence-corrected chi connectivity index (χ0v) is 12.1. The summed E-state index contributed by atoms with van der Waals surface area (Å²) in [5.41, 5.74) is 0. The van der Waals surface area contributed by atoms with Gasteiger partial charge in [-0.2, -0.15) is 0 Å². The molecule has 0 aromatic heterocycles. The fourth-order valence-electron chi connectivity index (χ4n) is 2.24. The molecule has 0 spiro atoms.